The zero-order valence-electron chi connectivity index (χ0n) is 18.0. The van der Waals surface area contributed by atoms with Crippen LogP contribution in [0.4, 0.5) is 0 Å². The van der Waals surface area contributed by atoms with Crippen LogP contribution in [0.2, 0.25) is 0 Å². The Morgan fingerprint density at radius 2 is 1.59 bits per heavy atom. The lowest BCUT2D eigenvalue weighted by Crippen LogP contribution is -2.41. The molecule has 0 radical (unpaired) electrons. The predicted molar refractivity (Wildman–Crippen MR) is 116 cm³/mol. The van der Waals surface area contributed by atoms with Crippen LogP contribution in [-0.4, -0.2) is 56.2 Å². The molecular weight excluding hydrogens is 336 g/mol. The second kappa shape index (κ2) is 14.5. The van der Waals surface area contributed by atoms with Crippen molar-refractivity contribution >= 4 is 5.96 Å². The van der Waals surface area contributed by atoms with E-state index in [9.17, 15) is 0 Å². The van der Waals surface area contributed by atoms with Crippen molar-refractivity contribution in [3.8, 4) is 0 Å². The van der Waals surface area contributed by atoms with Gasteiger partial charge < -0.3 is 15.4 Å². The summed E-state index contributed by atoms with van der Waals surface area (Å²) in [5, 5.41) is 6.79. The molecule has 0 aliphatic rings. The number of hydrogen-bond donors (Lipinski definition) is 2. The Labute approximate surface area is 166 Å². The van der Waals surface area contributed by atoms with Crippen molar-refractivity contribution in [1.82, 2.24) is 15.5 Å². The summed E-state index contributed by atoms with van der Waals surface area (Å²) in [4.78, 5) is 6.82. The molecule has 0 heterocycles. The SMILES string of the molecule is CN=C(NCCCCOCc1ccccc1)NCCCN(C(C)C)C(C)C. The Bertz CT molecular complexity index is 494. The third-order valence-electron chi connectivity index (χ3n) is 4.56. The number of nitrogens with one attached hydrogen (secondary N) is 2. The largest absolute Gasteiger partial charge is 0.377 e. The molecular formula is C22H40N4O. The number of guanidine groups is 1. The summed E-state index contributed by atoms with van der Waals surface area (Å²) in [7, 11) is 1.83. The molecule has 0 amide bonds. The van der Waals surface area contributed by atoms with E-state index in [-0.39, 0.29) is 0 Å². The fraction of sp³-hybridized carbons (Fsp3) is 0.682. The van der Waals surface area contributed by atoms with Gasteiger partial charge in [-0.2, -0.15) is 0 Å². The molecule has 0 saturated carbocycles. The number of aliphatic imine (C=N–C) groups is 1. The monoisotopic (exact) mass is 376 g/mol. The first-order chi connectivity index (χ1) is 13.0. The van der Waals surface area contributed by atoms with Crippen LogP contribution in [0.3, 0.4) is 0 Å². The summed E-state index contributed by atoms with van der Waals surface area (Å²) in [5.74, 6) is 0.890. The Balaban J connectivity index is 2.04. The third-order valence-corrected chi connectivity index (χ3v) is 4.56. The van der Waals surface area contributed by atoms with Crippen molar-refractivity contribution in [3.63, 3.8) is 0 Å². The smallest absolute Gasteiger partial charge is 0.190 e. The quantitative estimate of drug-likeness (QED) is 0.313. The zero-order chi connectivity index (χ0) is 19.9. The van der Waals surface area contributed by atoms with Gasteiger partial charge in [0.15, 0.2) is 5.96 Å². The molecule has 154 valence electrons. The molecule has 1 aromatic rings. The highest BCUT2D eigenvalue weighted by atomic mass is 16.5. The van der Waals surface area contributed by atoms with Crippen LogP contribution >= 0.6 is 0 Å². The zero-order valence-corrected chi connectivity index (χ0v) is 18.0. The highest BCUT2D eigenvalue weighted by Gasteiger charge is 2.12. The second-order valence-electron chi connectivity index (χ2n) is 7.45. The van der Waals surface area contributed by atoms with Gasteiger partial charge in [-0.05, 0) is 52.5 Å². The lowest BCUT2D eigenvalue weighted by atomic mass is 10.2. The van der Waals surface area contributed by atoms with Crippen molar-refractivity contribution in [2.75, 3.05) is 33.3 Å². The summed E-state index contributed by atoms with van der Waals surface area (Å²) in [6, 6.07) is 11.5. The molecule has 2 N–H and O–H groups in total. The topological polar surface area (TPSA) is 48.9 Å². The van der Waals surface area contributed by atoms with Crippen LogP contribution in [-0.2, 0) is 11.3 Å². The molecule has 0 unspecified atom stereocenters. The summed E-state index contributed by atoms with van der Waals surface area (Å²) in [6.45, 7) is 13.5. The van der Waals surface area contributed by atoms with Crippen LogP contribution in [0, 0.1) is 0 Å². The van der Waals surface area contributed by atoms with Crippen LogP contribution < -0.4 is 10.6 Å². The highest BCUT2D eigenvalue weighted by Crippen LogP contribution is 2.05. The van der Waals surface area contributed by atoms with Crippen LogP contribution in [0.1, 0.15) is 52.5 Å². The fourth-order valence-electron chi connectivity index (χ4n) is 3.10. The Morgan fingerprint density at radius 3 is 2.19 bits per heavy atom. The van der Waals surface area contributed by atoms with Crippen LogP contribution in [0.5, 0.6) is 0 Å². The van der Waals surface area contributed by atoms with Gasteiger partial charge in [-0.15, -0.1) is 0 Å². The van der Waals surface area contributed by atoms with Crippen molar-refractivity contribution in [1.29, 1.82) is 0 Å². The standard InChI is InChI=1S/C22H40N4O/c1-19(2)26(20(3)4)16-11-15-25-22(23-5)24-14-9-10-17-27-18-21-12-7-6-8-13-21/h6-8,12-13,19-20H,9-11,14-18H2,1-5H3,(H2,23,24,25). The van der Waals surface area contributed by atoms with Crippen molar-refractivity contribution in [2.24, 2.45) is 4.99 Å². The molecule has 0 aromatic heterocycles. The van der Waals surface area contributed by atoms with Crippen molar-refractivity contribution in [2.45, 2.75) is 65.6 Å². The first kappa shape index (κ1) is 23.4. The van der Waals surface area contributed by atoms with E-state index in [4.69, 9.17) is 4.74 Å². The molecule has 0 spiro atoms. The van der Waals surface area contributed by atoms with E-state index in [0.717, 1.165) is 51.5 Å². The van der Waals surface area contributed by atoms with Gasteiger partial charge in [0.05, 0.1) is 6.61 Å². The van der Waals surface area contributed by atoms with E-state index in [1.54, 1.807) is 0 Å². The lowest BCUT2D eigenvalue weighted by molar-refractivity contribution is 0.117. The predicted octanol–water partition coefficient (Wildman–Crippen LogP) is 3.66. The Kier molecular flexibility index (Phi) is 12.6. The summed E-state index contributed by atoms with van der Waals surface area (Å²) >= 11 is 0. The van der Waals surface area contributed by atoms with Gasteiger partial charge in [-0.25, -0.2) is 0 Å². The molecule has 0 atom stereocenters. The Morgan fingerprint density at radius 1 is 0.963 bits per heavy atom. The second-order valence-corrected chi connectivity index (χ2v) is 7.45. The normalized spacial score (nSPS) is 12.2. The van der Waals surface area contributed by atoms with E-state index in [1.165, 1.54) is 5.56 Å². The maximum atomic E-state index is 5.72. The molecule has 0 fully saturated rings. The molecule has 1 rings (SSSR count). The number of ether oxygens (including phenoxy) is 1. The number of benzene rings is 1. The minimum absolute atomic E-state index is 0.589. The van der Waals surface area contributed by atoms with E-state index in [2.05, 4.69) is 60.4 Å². The summed E-state index contributed by atoms with van der Waals surface area (Å²) in [5.41, 5.74) is 1.23. The number of nitrogens with zero attached hydrogens (tertiary/aromatic N) is 2. The average Bonchev–Trinajstić information content (AvgIpc) is 2.65. The van der Waals surface area contributed by atoms with Gasteiger partial charge in [-0.3, -0.25) is 9.89 Å². The average molecular weight is 377 g/mol. The number of hydrogen-bond acceptors (Lipinski definition) is 3. The number of unbranched alkanes of at least 4 members (excludes halogenated alkanes) is 1. The minimum atomic E-state index is 0.589. The highest BCUT2D eigenvalue weighted by molar-refractivity contribution is 5.79. The van der Waals surface area contributed by atoms with Gasteiger partial charge in [0, 0.05) is 45.4 Å². The first-order valence-corrected chi connectivity index (χ1v) is 10.4. The van der Waals surface area contributed by atoms with Gasteiger partial charge in [0.2, 0.25) is 0 Å². The minimum Gasteiger partial charge on any atom is -0.377 e. The first-order valence-electron chi connectivity index (χ1n) is 10.4. The third kappa shape index (κ3) is 11.0. The summed E-state index contributed by atoms with van der Waals surface area (Å²) in [6.07, 6.45) is 3.24. The molecule has 27 heavy (non-hydrogen) atoms. The van der Waals surface area contributed by atoms with Gasteiger partial charge >= 0.3 is 0 Å². The van der Waals surface area contributed by atoms with Gasteiger partial charge in [-0.1, -0.05) is 30.3 Å². The van der Waals surface area contributed by atoms with E-state index < -0.39 is 0 Å². The maximum Gasteiger partial charge on any atom is 0.190 e. The molecule has 5 heteroatoms. The van der Waals surface area contributed by atoms with Crippen LogP contribution in [0.15, 0.2) is 35.3 Å². The molecule has 0 aliphatic heterocycles. The van der Waals surface area contributed by atoms with Crippen molar-refractivity contribution in [3.05, 3.63) is 35.9 Å². The van der Waals surface area contributed by atoms with E-state index in [0.29, 0.717) is 18.7 Å². The molecule has 1 aromatic carbocycles. The molecule has 0 saturated heterocycles. The lowest BCUT2D eigenvalue weighted by Gasteiger charge is -2.30. The van der Waals surface area contributed by atoms with Gasteiger partial charge in [0.25, 0.3) is 0 Å². The fourth-order valence-corrected chi connectivity index (χ4v) is 3.10. The van der Waals surface area contributed by atoms with Gasteiger partial charge in [0.1, 0.15) is 0 Å². The van der Waals surface area contributed by atoms with Crippen molar-refractivity contribution < 1.29 is 4.74 Å². The molecule has 0 bridgehead atoms. The van der Waals surface area contributed by atoms with E-state index >= 15 is 0 Å². The Hall–Kier alpha value is -1.59. The molecule has 5 nitrogen and oxygen atoms in total. The maximum absolute atomic E-state index is 5.72. The number of rotatable bonds is 13. The van der Waals surface area contributed by atoms with E-state index in [1.807, 2.05) is 25.2 Å². The van der Waals surface area contributed by atoms with Crippen LogP contribution in [0.25, 0.3) is 0 Å². The summed E-state index contributed by atoms with van der Waals surface area (Å²) < 4.78 is 5.72. The molecule has 0 aliphatic carbocycles.